The van der Waals surface area contributed by atoms with Crippen LogP contribution in [0, 0.1) is 5.92 Å². The van der Waals surface area contributed by atoms with Gasteiger partial charge < -0.3 is 15.6 Å². The number of amides is 3. The molecule has 0 aliphatic heterocycles. The van der Waals surface area contributed by atoms with Crippen molar-refractivity contribution in [1.29, 1.82) is 0 Å². The van der Waals surface area contributed by atoms with Crippen molar-refractivity contribution in [2.75, 3.05) is 5.32 Å². The summed E-state index contributed by atoms with van der Waals surface area (Å²) in [7, 11) is 0. The van der Waals surface area contributed by atoms with Gasteiger partial charge in [0.15, 0.2) is 5.82 Å². The molecular formula is C15H21N7O3. The maximum atomic E-state index is 12.0. The third kappa shape index (κ3) is 4.55. The second kappa shape index (κ2) is 7.77. The Hall–Kier alpha value is -2.91. The standard InChI is InChI=1S/C15H21N7O3/c16-13(23)14-19-11(21-25-14)8-17-15(24)20-12-6-7-18-22(12)9-10-4-2-1-3-5-10/h6-7,10H,1-5,8-9H2,(H2,16,23)(H2,17,20,24). The molecule has 0 atom stereocenters. The lowest BCUT2D eigenvalue weighted by atomic mass is 9.89. The number of primary amides is 1. The molecule has 1 aliphatic rings. The van der Waals surface area contributed by atoms with E-state index in [4.69, 9.17) is 5.73 Å². The summed E-state index contributed by atoms with van der Waals surface area (Å²) in [6, 6.07) is 1.33. The molecule has 2 aromatic rings. The summed E-state index contributed by atoms with van der Waals surface area (Å²) < 4.78 is 6.46. The number of hydrogen-bond donors (Lipinski definition) is 3. The Kier molecular flexibility index (Phi) is 5.26. The first-order valence-electron chi connectivity index (χ1n) is 8.31. The second-order valence-electron chi connectivity index (χ2n) is 6.09. The van der Waals surface area contributed by atoms with E-state index in [9.17, 15) is 9.59 Å². The highest BCUT2D eigenvalue weighted by Crippen LogP contribution is 2.25. The van der Waals surface area contributed by atoms with Gasteiger partial charge in [0, 0.05) is 12.6 Å². The van der Waals surface area contributed by atoms with E-state index in [0.29, 0.717) is 11.7 Å². The van der Waals surface area contributed by atoms with Crippen molar-refractivity contribution in [3.63, 3.8) is 0 Å². The minimum absolute atomic E-state index is 0.0133. The number of urea groups is 1. The molecule has 1 saturated carbocycles. The van der Waals surface area contributed by atoms with Crippen molar-refractivity contribution in [2.24, 2.45) is 11.7 Å². The van der Waals surface area contributed by atoms with Gasteiger partial charge in [-0.05, 0) is 18.8 Å². The molecule has 0 unspecified atom stereocenters. The molecule has 0 radical (unpaired) electrons. The number of nitrogens with two attached hydrogens (primary N) is 1. The molecule has 3 amide bonds. The normalized spacial score (nSPS) is 15.0. The van der Waals surface area contributed by atoms with E-state index in [-0.39, 0.29) is 18.3 Å². The third-order valence-electron chi connectivity index (χ3n) is 4.20. The number of carbonyl (C=O) groups excluding carboxylic acids is 2. The minimum Gasteiger partial charge on any atom is -0.361 e. The summed E-state index contributed by atoms with van der Waals surface area (Å²) in [5.41, 5.74) is 5.02. The number of carbonyl (C=O) groups is 2. The Labute approximate surface area is 144 Å². The summed E-state index contributed by atoms with van der Waals surface area (Å²) in [5, 5.41) is 13.2. The largest absolute Gasteiger partial charge is 0.361 e. The van der Waals surface area contributed by atoms with Crippen LogP contribution >= 0.6 is 0 Å². The summed E-state index contributed by atoms with van der Waals surface area (Å²) >= 11 is 0. The molecule has 134 valence electrons. The van der Waals surface area contributed by atoms with Gasteiger partial charge in [-0.3, -0.25) is 10.1 Å². The van der Waals surface area contributed by atoms with Gasteiger partial charge in [0.1, 0.15) is 5.82 Å². The van der Waals surface area contributed by atoms with Crippen LogP contribution in [0.15, 0.2) is 16.8 Å². The Morgan fingerprint density at radius 3 is 2.84 bits per heavy atom. The zero-order valence-corrected chi connectivity index (χ0v) is 13.8. The zero-order valence-electron chi connectivity index (χ0n) is 13.8. The van der Waals surface area contributed by atoms with Crippen LogP contribution in [0.3, 0.4) is 0 Å². The molecule has 25 heavy (non-hydrogen) atoms. The maximum Gasteiger partial charge on any atom is 0.320 e. The van der Waals surface area contributed by atoms with Gasteiger partial charge >= 0.3 is 17.8 Å². The third-order valence-corrected chi connectivity index (χ3v) is 4.20. The van der Waals surface area contributed by atoms with E-state index >= 15 is 0 Å². The number of rotatable bonds is 6. The van der Waals surface area contributed by atoms with Crippen molar-refractivity contribution in [3.8, 4) is 0 Å². The Balaban J connectivity index is 1.50. The maximum absolute atomic E-state index is 12.0. The highest BCUT2D eigenvalue weighted by Gasteiger charge is 2.17. The van der Waals surface area contributed by atoms with Crippen LogP contribution in [-0.2, 0) is 13.1 Å². The van der Waals surface area contributed by atoms with Crippen LogP contribution in [0.25, 0.3) is 0 Å². The molecule has 3 rings (SSSR count). The van der Waals surface area contributed by atoms with Crippen molar-refractivity contribution in [1.82, 2.24) is 25.2 Å². The number of hydrogen-bond acceptors (Lipinski definition) is 6. The van der Waals surface area contributed by atoms with Crippen molar-refractivity contribution in [2.45, 2.75) is 45.2 Å². The molecule has 4 N–H and O–H groups in total. The number of aromatic nitrogens is 4. The predicted octanol–water partition coefficient (Wildman–Crippen LogP) is 1.27. The fourth-order valence-electron chi connectivity index (χ4n) is 2.94. The van der Waals surface area contributed by atoms with Gasteiger partial charge in [-0.25, -0.2) is 9.48 Å². The number of anilines is 1. The van der Waals surface area contributed by atoms with E-state index < -0.39 is 11.9 Å². The molecule has 0 spiro atoms. The lowest BCUT2D eigenvalue weighted by Crippen LogP contribution is -2.30. The van der Waals surface area contributed by atoms with Crippen LogP contribution in [0.5, 0.6) is 0 Å². The van der Waals surface area contributed by atoms with Gasteiger partial charge in [-0.2, -0.15) is 10.1 Å². The van der Waals surface area contributed by atoms with Gasteiger partial charge in [-0.1, -0.05) is 24.4 Å². The predicted molar refractivity (Wildman–Crippen MR) is 87.5 cm³/mol. The molecule has 0 bridgehead atoms. The first-order chi connectivity index (χ1) is 12.1. The Morgan fingerprint density at radius 1 is 1.32 bits per heavy atom. The minimum atomic E-state index is -0.810. The van der Waals surface area contributed by atoms with E-state index in [2.05, 4.69) is 30.4 Å². The lowest BCUT2D eigenvalue weighted by molar-refractivity contribution is 0.0958. The average molecular weight is 347 g/mol. The topological polar surface area (TPSA) is 141 Å². The number of nitrogens with zero attached hydrogens (tertiary/aromatic N) is 4. The summed E-state index contributed by atoms with van der Waals surface area (Å²) in [6.45, 7) is 0.814. The van der Waals surface area contributed by atoms with Crippen molar-refractivity contribution in [3.05, 3.63) is 24.0 Å². The second-order valence-corrected chi connectivity index (χ2v) is 6.09. The molecule has 0 aromatic carbocycles. The highest BCUT2D eigenvalue weighted by atomic mass is 16.5. The summed E-state index contributed by atoms with van der Waals surface area (Å²) in [4.78, 5) is 26.7. The highest BCUT2D eigenvalue weighted by molar-refractivity contribution is 5.88. The smallest absolute Gasteiger partial charge is 0.320 e. The SMILES string of the molecule is NC(=O)c1nc(CNC(=O)Nc2ccnn2CC2CCCCC2)no1. The summed E-state index contributed by atoms with van der Waals surface area (Å²) in [5.74, 6) is 0.301. The molecule has 10 heteroatoms. The summed E-state index contributed by atoms with van der Waals surface area (Å²) in [6.07, 6.45) is 7.88. The molecule has 1 fully saturated rings. The van der Waals surface area contributed by atoms with Gasteiger partial charge in [0.2, 0.25) is 0 Å². The molecule has 0 saturated heterocycles. The van der Waals surface area contributed by atoms with Crippen LogP contribution in [-0.4, -0.2) is 31.9 Å². The number of nitrogens with one attached hydrogen (secondary N) is 2. The quantitative estimate of drug-likeness (QED) is 0.718. The van der Waals surface area contributed by atoms with Gasteiger partial charge in [-0.15, -0.1) is 0 Å². The molecular weight excluding hydrogens is 326 g/mol. The van der Waals surface area contributed by atoms with E-state index in [0.717, 1.165) is 6.54 Å². The molecule has 10 nitrogen and oxygen atoms in total. The fraction of sp³-hybridized carbons (Fsp3) is 0.533. The van der Waals surface area contributed by atoms with E-state index in [1.807, 2.05) is 4.68 Å². The van der Waals surface area contributed by atoms with Crippen LogP contribution in [0.1, 0.15) is 48.6 Å². The van der Waals surface area contributed by atoms with Crippen LogP contribution in [0.2, 0.25) is 0 Å². The zero-order chi connectivity index (χ0) is 17.6. The first kappa shape index (κ1) is 16.9. The van der Waals surface area contributed by atoms with Crippen LogP contribution < -0.4 is 16.4 Å². The average Bonchev–Trinajstić information content (AvgIpc) is 3.24. The van der Waals surface area contributed by atoms with Gasteiger partial charge in [0.25, 0.3) is 0 Å². The van der Waals surface area contributed by atoms with Crippen molar-refractivity contribution < 1.29 is 14.1 Å². The van der Waals surface area contributed by atoms with Crippen LogP contribution in [0.4, 0.5) is 10.6 Å². The van der Waals surface area contributed by atoms with Gasteiger partial charge in [0.05, 0.1) is 12.7 Å². The lowest BCUT2D eigenvalue weighted by Gasteiger charge is -2.22. The monoisotopic (exact) mass is 347 g/mol. The molecule has 2 heterocycles. The molecule has 1 aliphatic carbocycles. The van der Waals surface area contributed by atoms with Crippen molar-refractivity contribution >= 4 is 17.8 Å². The Morgan fingerprint density at radius 2 is 2.12 bits per heavy atom. The fourth-order valence-corrected chi connectivity index (χ4v) is 2.94. The van der Waals surface area contributed by atoms with E-state index in [1.165, 1.54) is 32.1 Å². The molecule has 2 aromatic heterocycles. The Bertz CT molecular complexity index is 733. The first-order valence-corrected chi connectivity index (χ1v) is 8.31. The van der Waals surface area contributed by atoms with E-state index in [1.54, 1.807) is 12.3 Å².